The van der Waals surface area contributed by atoms with Crippen molar-refractivity contribution in [3.8, 4) is 5.88 Å². The topological polar surface area (TPSA) is 56.3 Å². The van der Waals surface area contributed by atoms with Crippen LogP contribution >= 0.6 is 11.3 Å². The van der Waals surface area contributed by atoms with E-state index < -0.39 is 0 Å². The highest BCUT2D eigenvalue weighted by Gasteiger charge is 2.11. The van der Waals surface area contributed by atoms with E-state index in [1.807, 2.05) is 0 Å². The molecule has 6 heteroatoms. The number of hydrogen-bond donors (Lipinski definition) is 1. The number of nitrogens with one attached hydrogen (secondary N) is 1. The van der Waals surface area contributed by atoms with Crippen LogP contribution in [0.2, 0.25) is 0 Å². The number of fused-ring (bicyclic) bond motifs is 1. The van der Waals surface area contributed by atoms with Gasteiger partial charge in [-0.15, -0.1) is 11.3 Å². The molecule has 19 heavy (non-hydrogen) atoms. The van der Waals surface area contributed by atoms with E-state index in [4.69, 9.17) is 9.47 Å². The van der Waals surface area contributed by atoms with Crippen LogP contribution in [-0.4, -0.2) is 36.8 Å². The molecular formula is C13H19N3O2S. The van der Waals surface area contributed by atoms with Crippen molar-refractivity contribution >= 4 is 27.5 Å². The predicted octanol–water partition coefficient (Wildman–Crippen LogP) is 2.85. The van der Waals surface area contributed by atoms with Gasteiger partial charge in [-0.3, -0.25) is 0 Å². The first-order valence-electron chi connectivity index (χ1n) is 6.41. The second-order valence-electron chi connectivity index (χ2n) is 4.14. The van der Waals surface area contributed by atoms with Crippen molar-refractivity contribution in [1.29, 1.82) is 0 Å². The third kappa shape index (κ3) is 3.54. The molecule has 2 aromatic rings. The van der Waals surface area contributed by atoms with E-state index in [1.54, 1.807) is 18.4 Å². The normalized spacial score (nSPS) is 10.9. The van der Waals surface area contributed by atoms with Crippen molar-refractivity contribution in [2.45, 2.75) is 20.3 Å². The minimum absolute atomic E-state index is 0.504. The lowest BCUT2D eigenvalue weighted by Crippen LogP contribution is -2.09. The first-order chi connectivity index (χ1) is 9.24. The molecule has 104 valence electrons. The predicted molar refractivity (Wildman–Crippen MR) is 78.3 cm³/mol. The molecular weight excluding hydrogens is 262 g/mol. The summed E-state index contributed by atoms with van der Waals surface area (Å²) in [4.78, 5) is 10.9. The van der Waals surface area contributed by atoms with Crippen LogP contribution in [0, 0.1) is 6.92 Å². The molecule has 0 radical (unpaired) electrons. The van der Waals surface area contributed by atoms with Crippen LogP contribution in [0.25, 0.3) is 10.2 Å². The fourth-order valence-corrected chi connectivity index (χ4v) is 2.55. The van der Waals surface area contributed by atoms with Gasteiger partial charge in [0.15, 0.2) is 0 Å². The summed E-state index contributed by atoms with van der Waals surface area (Å²) >= 11 is 1.64. The molecule has 2 aromatic heterocycles. The van der Waals surface area contributed by atoms with Crippen LogP contribution in [0.15, 0.2) is 6.07 Å². The molecule has 0 aliphatic heterocycles. The Balaban J connectivity index is 2.11. The molecule has 0 aliphatic rings. The van der Waals surface area contributed by atoms with Gasteiger partial charge < -0.3 is 14.8 Å². The third-order valence-electron chi connectivity index (χ3n) is 2.52. The van der Waals surface area contributed by atoms with Crippen LogP contribution in [0.4, 0.5) is 5.95 Å². The maximum atomic E-state index is 5.71. The minimum atomic E-state index is 0.504. The van der Waals surface area contributed by atoms with Crippen molar-refractivity contribution in [3.05, 3.63) is 10.9 Å². The van der Waals surface area contributed by atoms with Crippen LogP contribution < -0.4 is 10.1 Å². The van der Waals surface area contributed by atoms with Crippen LogP contribution in [0.5, 0.6) is 5.88 Å². The number of aryl methyl sites for hydroxylation is 1. The van der Waals surface area contributed by atoms with Gasteiger partial charge in [-0.1, -0.05) is 6.92 Å². The van der Waals surface area contributed by atoms with Crippen LogP contribution in [0.3, 0.4) is 0 Å². The number of rotatable bonds is 7. The standard InChI is InChI=1S/C13H19N3O2S/c1-4-5-17-6-7-18-11-10-8-9(2)19-12(10)16-13(14-3)15-11/h8H,4-7H2,1-3H3,(H,14,15,16). The van der Waals surface area contributed by atoms with Gasteiger partial charge >= 0.3 is 0 Å². The summed E-state index contributed by atoms with van der Waals surface area (Å²) in [6.07, 6.45) is 1.02. The molecule has 5 nitrogen and oxygen atoms in total. The lowest BCUT2D eigenvalue weighted by atomic mass is 10.3. The molecule has 0 aromatic carbocycles. The number of thiophene rings is 1. The molecule has 0 aliphatic carbocycles. The summed E-state index contributed by atoms with van der Waals surface area (Å²) < 4.78 is 11.1. The third-order valence-corrected chi connectivity index (χ3v) is 3.46. The molecule has 0 saturated heterocycles. The average molecular weight is 281 g/mol. The molecule has 0 unspecified atom stereocenters. The first-order valence-corrected chi connectivity index (χ1v) is 7.22. The summed E-state index contributed by atoms with van der Waals surface area (Å²) in [7, 11) is 1.80. The van der Waals surface area contributed by atoms with Crippen molar-refractivity contribution in [3.63, 3.8) is 0 Å². The van der Waals surface area contributed by atoms with Crippen LogP contribution in [-0.2, 0) is 4.74 Å². The zero-order valence-electron chi connectivity index (χ0n) is 11.5. The summed E-state index contributed by atoms with van der Waals surface area (Å²) in [6, 6.07) is 2.06. The fourth-order valence-electron chi connectivity index (χ4n) is 1.68. The quantitative estimate of drug-likeness (QED) is 0.791. The van der Waals surface area contributed by atoms with Crippen molar-refractivity contribution in [2.75, 3.05) is 32.2 Å². The van der Waals surface area contributed by atoms with E-state index in [1.165, 1.54) is 4.88 Å². The zero-order chi connectivity index (χ0) is 13.7. The van der Waals surface area contributed by atoms with E-state index >= 15 is 0 Å². The molecule has 2 rings (SSSR count). The Labute approximate surface area is 117 Å². The van der Waals surface area contributed by atoms with E-state index in [2.05, 4.69) is 35.2 Å². The van der Waals surface area contributed by atoms with Gasteiger partial charge in [-0.05, 0) is 19.4 Å². The second kappa shape index (κ2) is 6.68. The van der Waals surface area contributed by atoms with Gasteiger partial charge in [0.05, 0.1) is 12.0 Å². The summed E-state index contributed by atoms with van der Waals surface area (Å²) in [5.74, 6) is 1.21. The number of ether oxygens (including phenoxy) is 2. The monoisotopic (exact) mass is 281 g/mol. The molecule has 0 amide bonds. The van der Waals surface area contributed by atoms with Crippen LogP contribution in [0.1, 0.15) is 18.2 Å². The van der Waals surface area contributed by atoms with Gasteiger partial charge in [0.2, 0.25) is 11.8 Å². The van der Waals surface area contributed by atoms with E-state index in [0.717, 1.165) is 23.2 Å². The molecule has 0 saturated carbocycles. The zero-order valence-corrected chi connectivity index (χ0v) is 12.3. The van der Waals surface area contributed by atoms with Crippen molar-refractivity contribution < 1.29 is 9.47 Å². The molecule has 0 atom stereocenters. The lowest BCUT2D eigenvalue weighted by Gasteiger charge is -2.08. The summed E-state index contributed by atoms with van der Waals surface area (Å²) in [5.41, 5.74) is 0. The highest BCUT2D eigenvalue weighted by atomic mass is 32.1. The second-order valence-corrected chi connectivity index (χ2v) is 5.37. The molecule has 2 heterocycles. The number of nitrogens with zero attached hydrogens (tertiary/aromatic N) is 2. The van der Waals surface area contributed by atoms with Crippen molar-refractivity contribution in [2.24, 2.45) is 0 Å². The molecule has 0 fully saturated rings. The summed E-state index contributed by atoms with van der Waals surface area (Å²) in [5, 5.41) is 3.92. The molecule has 1 N–H and O–H groups in total. The summed E-state index contributed by atoms with van der Waals surface area (Å²) in [6.45, 7) is 5.99. The minimum Gasteiger partial charge on any atom is -0.475 e. The fraction of sp³-hybridized carbons (Fsp3) is 0.538. The smallest absolute Gasteiger partial charge is 0.227 e. The van der Waals surface area contributed by atoms with E-state index in [9.17, 15) is 0 Å². The first kappa shape index (κ1) is 14.0. The Bertz CT molecular complexity index is 542. The number of anilines is 1. The Kier molecular flexibility index (Phi) is 4.93. The maximum Gasteiger partial charge on any atom is 0.227 e. The largest absolute Gasteiger partial charge is 0.475 e. The Morgan fingerprint density at radius 3 is 2.84 bits per heavy atom. The van der Waals surface area contributed by atoms with Gasteiger partial charge in [0.25, 0.3) is 0 Å². The average Bonchev–Trinajstić information content (AvgIpc) is 2.78. The highest BCUT2D eigenvalue weighted by Crippen LogP contribution is 2.30. The van der Waals surface area contributed by atoms with Gasteiger partial charge in [-0.2, -0.15) is 4.98 Å². The Morgan fingerprint density at radius 2 is 2.11 bits per heavy atom. The van der Waals surface area contributed by atoms with E-state index in [0.29, 0.717) is 25.0 Å². The van der Waals surface area contributed by atoms with Gasteiger partial charge in [-0.25, -0.2) is 4.98 Å². The number of aromatic nitrogens is 2. The molecule has 0 bridgehead atoms. The molecule has 0 spiro atoms. The van der Waals surface area contributed by atoms with Crippen molar-refractivity contribution in [1.82, 2.24) is 9.97 Å². The SMILES string of the molecule is CCCOCCOc1nc(NC)nc2sc(C)cc12. The highest BCUT2D eigenvalue weighted by molar-refractivity contribution is 7.18. The van der Waals surface area contributed by atoms with Gasteiger partial charge in [0.1, 0.15) is 11.4 Å². The number of hydrogen-bond acceptors (Lipinski definition) is 6. The maximum absolute atomic E-state index is 5.71. The Hall–Kier alpha value is -1.40. The van der Waals surface area contributed by atoms with Gasteiger partial charge in [0, 0.05) is 18.5 Å². The Morgan fingerprint density at radius 1 is 1.26 bits per heavy atom. The lowest BCUT2D eigenvalue weighted by molar-refractivity contribution is 0.0996. The van der Waals surface area contributed by atoms with E-state index in [-0.39, 0.29) is 0 Å².